The molecule has 4 heteroatoms. The molecule has 1 aliphatic carbocycles. The van der Waals surface area contributed by atoms with E-state index < -0.39 is 0 Å². The van der Waals surface area contributed by atoms with Gasteiger partial charge in [0.1, 0.15) is 5.82 Å². The number of pyridine rings is 1. The number of aromatic nitrogens is 2. The lowest BCUT2D eigenvalue weighted by molar-refractivity contribution is 0.665. The molecule has 3 nitrogen and oxygen atoms in total. The van der Waals surface area contributed by atoms with E-state index in [9.17, 15) is 0 Å². The van der Waals surface area contributed by atoms with Crippen molar-refractivity contribution >= 4 is 22.8 Å². The maximum absolute atomic E-state index is 6.14. The molecule has 0 bridgehead atoms. The Morgan fingerprint density at radius 1 is 1.31 bits per heavy atom. The summed E-state index contributed by atoms with van der Waals surface area (Å²) in [5.74, 6) is 1.62. The van der Waals surface area contributed by atoms with E-state index in [1.165, 1.54) is 25.7 Å². The quantitative estimate of drug-likeness (QED) is 0.825. The van der Waals surface area contributed by atoms with Crippen LogP contribution in [0.5, 0.6) is 0 Å². The van der Waals surface area contributed by atoms with E-state index in [0.29, 0.717) is 11.1 Å². The maximum atomic E-state index is 6.14. The third kappa shape index (κ3) is 1.47. The van der Waals surface area contributed by atoms with Gasteiger partial charge in [-0.15, -0.1) is 0 Å². The summed E-state index contributed by atoms with van der Waals surface area (Å²) < 4.78 is 2.05. The van der Waals surface area contributed by atoms with Crippen molar-refractivity contribution in [3.63, 3.8) is 0 Å². The SMILES string of the molecule is Nc1ccc2c(Cl)nc(C3CCCC3)n2c1. The van der Waals surface area contributed by atoms with Crippen LogP contribution in [0.3, 0.4) is 0 Å². The summed E-state index contributed by atoms with van der Waals surface area (Å²) in [4.78, 5) is 4.49. The molecule has 0 unspecified atom stereocenters. The van der Waals surface area contributed by atoms with E-state index in [0.717, 1.165) is 17.0 Å². The van der Waals surface area contributed by atoms with Gasteiger partial charge in [-0.3, -0.25) is 4.40 Å². The molecule has 0 spiro atoms. The molecule has 0 amide bonds. The van der Waals surface area contributed by atoms with Crippen molar-refractivity contribution in [2.75, 3.05) is 5.73 Å². The van der Waals surface area contributed by atoms with Gasteiger partial charge < -0.3 is 5.73 Å². The van der Waals surface area contributed by atoms with Crippen molar-refractivity contribution in [3.05, 3.63) is 29.3 Å². The highest BCUT2D eigenvalue weighted by molar-refractivity contribution is 6.32. The third-order valence-electron chi connectivity index (χ3n) is 3.36. The van der Waals surface area contributed by atoms with Crippen LogP contribution in [0.1, 0.15) is 37.4 Å². The fraction of sp³-hybridized carbons (Fsp3) is 0.417. The van der Waals surface area contributed by atoms with Crippen LogP contribution in [0, 0.1) is 0 Å². The van der Waals surface area contributed by atoms with Gasteiger partial charge in [-0.1, -0.05) is 24.4 Å². The third-order valence-corrected chi connectivity index (χ3v) is 3.64. The molecule has 2 aromatic rings. The highest BCUT2D eigenvalue weighted by Crippen LogP contribution is 2.35. The smallest absolute Gasteiger partial charge is 0.155 e. The van der Waals surface area contributed by atoms with Crippen LogP contribution in [0.15, 0.2) is 18.3 Å². The van der Waals surface area contributed by atoms with E-state index in [1.54, 1.807) is 0 Å². The largest absolute Gasteiger partial charge is 0.398 e. The van der Waals surface area contributed by atoms with Crippen LogP contribution in [0.25, 0.3) is 5.52 Å². The van der Waals surface area contributed by atoms with Crippen LogP contribution < -0.4 is 5.73 Å². The van der Waals surface area contributed by atoms with Gasteiger partial charge in [-0.2, -0.15) is 0 Å². The summed E-state index contributed by atoms with van der Waals surface area (Å²) in [5, 5.41) is 0.585. The monoisotopic (exact) mass is 235 g/mol. The van der Waals surface area contributed by atoms with E-state index in [2.05, 4.69) is 4.98 Å². The Balaban J connectivity index is 2.19. The van der Waals surface area contributed by atoms with E-state index in [-0.39, 0.29) is 0 Å². The standard InChI is InChI=1S/C12H14ClN3/c13-11-10-6-5-9(14)7-16(10)12(15-11)8-3-1-2-4-8/h5-8H,1-4,14H2. The van der Waals surface area contributed by atoms with Gasteiger partial charge >= 0.3 is 0 Å². The summed E-state index contributed by atoms with van der Waals surface area (Å²) in [6.45, 7) is 0. The molecule has 16 heavy (non-hydrogen) atoms. The van der Waals surface area contributed by atoms with E-state index in [1.807, 2.05) is 22.7 Å². The Morgan fingerprint density at radius 2 is 2.06 bits per heavy atom. The molecule has 2 heterocycles. The second-order valence-electron chi connectivity index (χ2n) is 4.46. The zero-order valence-corrected chi connectivity index (χ0v) is 9.74. The number of rotatable bonds is 1. The molecule has 1 aliphatic rings. The molecule has 84 valence electrons. The topological polar surface area (TPSA) is 43.3 Å². The minimum absolute atomic E-state index is 0.543. The number of imidazole rings is 1. The van der Waals surface area contributed by atoms with Crippen LogP contribution in [0.4, 0.5) is 5.69 Å². The Bertz CT molecular complexity index is 526. The van der Waals surface area contributed by atoms with Crippen molar-refractivity contribution in [2.45, 2.75) is 31.6 Å². The highest BCUT2D eigenvalue weighted by Gasteiger charge is 2.22. The number of halogens is 1. The number of nitrogen functional groups attached to an aromatic ring is 1. The minimum Gasteiger partial charge on any atom is -0.398 e. The van der Waals surface area contributed by atoms with Crippen LogP contribution in [-0.4, -0.2) is 9.38 Å². The first kappa shape index (κ1) is 9.97. The molecular weight excluding hydrogens is 222 g/mol. The number of fused-ring (bicyclic) bond motifs is 1. The van der Waals surface area contributed by atoms with Crippen molar-refractivity contribution in [1.82, 2.24) is 9.38 Å². The molecular formula is C12H14ClN3. The van der Waals surface area contributed by atoms with Gasteiger partial charge in [-0.25, -0.2) is 4.98 Å². The fourth-order valence-electron chi connectivity index (χ4n) is 2.56. The van der Waals surface area contributed by atoms with Gasteiger partial charge in [-0.05, 0) is 25.0 Å². The zero-order valence-electron chi connectivity index (χ0n) is 8.99. The first-order valence-electron chi connectivity index (χ1n) is 5.68. The summed E-state index contributed by atoms with van der Waals surface area (Å²) in [5.41, 5.74) is 7.52. The molecule has 2 N–H and O–H groups in total. The molecule has 2 aromatic heterocycles. The molecule has 0 aromatic carbocycles. The Labute approximate surface area is 99.2 Å². The van der Waals surface area contributed by atoms with Crippen LogP contribution in [0.2, 0.25) is 5.15 Å². The second-order valence-corrected chi connectivity index (χ2v) is 4.82. The lowest BCUT2D eigenvalue weighted by Crippen LogP contribution is -2.00. The molecule has 0 atom stereocenters. The number of anilines is 1. The number of nitrogens with zero attached hydrogens (tertiary/aromatic N) is 2. The maximum Gasteiger partial charge on any atom is 0.155 e. The van der Waals surface area contributed by atoms with Crippen LogP contribution >= 0.6 is 11.6 Å². The minimum atomic E-state index is 0.543. The normalized spacial score (nSPS) is 17.3. The van der Waals surface area contributed by atoms with E-state index >= 15 is 0 Å². The van der Waals surface area contributed by atoms with Crippen LogP contribution in [-0.2, 0) is 0 Å². The van der Waals surface area contributed by atoms with Gasteiger partial charge in [0.2, 0.25) is 0 Å². The predicted octanol–water partition coefficient (Wildman–Crippen LogP) is 3.23. The predicted molar refractivity (Wildman–Crippen MR) is 65.8 cm³/mol. The zero-order chi connectivity index (χ0) is 11.1. The Kier molecular flexibility index (Phi) is 2.28. The number of nitrogens with two attached hydrogens (primary N) is 1. The van der Waals surface area contributed by atoms with E-state index in [4.69, 9.17) is 17.3 Å². The fourth-order valence-corrected chi connectivity index (χ4v) is 2.80. The highest BCUT2D eigenvalue weighted by atomic mass is 35.5. The summed E-state index contributed by atoms with van der Waals surface area (Å²) in [6.07, 6.45) is 6.93. The summed E-state index contributed by atoms with van der Waals surface area (Å²) >= 11 is 6.14. The number of hydrogen-bond donors (Lipinski definition) is 1. The van der Waals surface area contributed by atoms with Crippen molar-refractivity contribution < 1.29 is 0 Å². The Morgan fingerprint density at radius 3 is 2.81 bits per heavy atom. The molecule has 0 radical (unpaired) electrons. The lowest BCUT2D eigenvalue weighted by atomic mass is 10.1. The van der Waals surface area contributed by atoms with Crippen molar-refractivity contribution in [2.24, 2.45) is 0 Å². The van der Waals surface area contributed by atoms with Gasteiger partial charge in [0.05, 0.1) is 5.52 Å². The Hall–Kier alpha value is -1.22. The average Bonchev–Trinajstić information content (AvgIpc) is 2.86. The first-order valence-corrected chi connectivity index (χ1v) is 6.06. The molecule has 1 fully saturated rings. The van der Waals surface area contributed by atoms with Gasteiger partial charge in [0.15, 0.2) is 5.15 Å². The molecule has 0 saturated heterocycles. The molecule has 0 aliphatic heterocycles. The van der Waals surface area contributed by atoms with Crippen molar-refractivity contribution in [1.29, 1.82) is 0 Å². The molecule has 3 rings (SSSR count). The first-order chi connectivity index (χ1) is 7.75. The summed E-state index contributed by atoms with van der Waals surface area (Å²) in [6, 6.07) is 3.80. The summed E-state index contributed by atoms with van der Waals surface area (Å²) in [7, 11) is 0. The lowest BCUT2D eigenvalue weighted by Gasteiger charge is -2.07. The van der Waals surface area contributed by atoms with Gasteiger partial charge in [0, 0.05) is 17.8 Å². The number of hydrogen-bond acceptors (Lipinski definition) is 2. The average molecular weight is 236 g/mol. The van der Waals surface area contributed by atoms with Crippen molar-refractivity contribution in [3.8, 4) is 0 Å². The molecule has 1 saturated carbocycles. The second kappa shape index (κ2) is 3.67. The van der Waals surface area contributed by atoms with Gasteiger partial charge in [0.25, 0.3) is 0 Å².